The molecule has 1 aliphatic heterocycles. The summed E-state index contributed by atoms with van der Waals surface area (Å²) in [6.45, 7) is 9.83. The van der Waals surface area contributed by atoms with Crippen LogP contribution in [-0.2, 0) is 6.54 Å². The van der Waals surface area contributed by atoms with Gasteiger partial charge in [0.25, 0.3) is 0 Å². The van der Waals surface area contributed by atoms with Crippen LogP contribution in [0.2, 0.25) is 0 Å². The van der Waals surface area contributed by atoms with Gasteiger partial charge in [0.05, 0.1) is 5.69 Å². The smallest absolute Gasteiger partial charge is 0.128 e. The second-order valence-electron chi connectivity index (χ2n) is 6.60. The van der Waals surface area contributed by atoms with Crippen LogP contribution in [-0.4, -0.2) is 24.1 Å². The van der Waals surface area contributed by atoms with Crippen LogP contribution in [0.1, 0.15) is 58.6 Å². The van der Waals surface area contributed by atoms with Crippen molar-refractivity contribution in [2.24, 2.45) is 5.92 Å². The maximum atomic E-state index is 4.84. The van der Waals surface area contributed by atoms with E-state index in [1.54, 1.807) is 0 Å². The van der Waals surface area contributed by atoms with Crippen LogP contribution in [0, 0.1) is 5.92 Å². The second-order valence-corrected chi connectivity index (χ2v) is 6.60. The van der Waals surface area contributed by atoms with Crippen molar-refractivity contribution in [3.63, 3.8) is 0 Å². The first-order valence-corrected chi connectivity index (χ1v) is 8.63. The Balaban J connectivity index is 1.96. The lowest BCUT2D eigenvalue weighted by molar-refractivity contribution is 0.435. The van der Waals surface area contributed by atoms with Gasteiger partial charge < -0.3 is 10.2 Å². The van der Waals surface area contributed by atoms with Crippen LogP contribution in [0.5, 0.6) is 0 Å². The lowest BCUT2D eigenvalue weighted by Crippen LogP contribution is -2.26. The van der Waals surface area contributed by atoms with E-state index in [0.29, 0.717) is 6.04 Å². The van der Waals surface area contributed by atoms with Crippen molar-refractivity contribution in [2.45, 2.75) is 65.5 Å². The van der Waals surface area contributed by atoms with Crippen LogP contribution >= 0.6 is 0 Å². The first-order chi connectivity index (χ1) is 10.2. The number of nitrogens with one attached hydrogen (secondary N) is 1. The van der Waals surface area contributed by atoms with Gasteiger partial charge in [-0.2, -0.15) is 0 Å². The molecule has 1 saturated heterocycles. The lowest BCUT2D eigenvalue weighted by atomic mass is 9.96. The molecule has 0 saturated carbocycles. The van der Waals surface area contributed by atoms with Crippen molar-refractivity contribution >= 4 is 5.82 Å². The number of pyridine rings is 1. The molecule has 1 unspecified atom stereocenters. The molecule has 0 radical (unpaired) electrons. The minimum Gasteiger partial charge on any atom is -0.357 e. The minimum atomic E-state index is 0.503. The number of rotatable bonds is 6. The quantitative estimate of drug-likeness (QED) is 0.858. The number of hydrogen-bond donors (Lipinski definition) is 1. The number of anilines is 1. The predicted octanol–water partition coefficient (Wildman–Crippen LogP) is 3.99. The van der Waals surface area contributed by atoms with Crippen molar-refractivity contribution in [1.29, 1.82) is 0 Å². The van der Waals surface area contributed by atoms with E-state index >= 15 is 0 Å². The van der Waals surface area contributed by atoms with Crippen LogP contribution in [0.4, 0.5) is 5.82 Å². The SMILES string of the molecule is CCCC1CCCN(c2cccc(CNC(C)C)n2)CC1. The Hall–Kier alpha value is -1.09. The Bertz CT molecular complexity index is 417. The Morgan fingerprint density at radius 3 is 2.90 bits per heavy atom. The number of hydrogen-bond acceptors (Lipinski definition) is 3. The standard InChI is InChI=1S/C18H31N3/c1-4-7-16-8-6-12-21(13-11-16)18-10-5-9-17(20-18)14-19-15(2)3/h5,9-10,15-16,19H,4,6-8,11-14H2,1-3H3. The average Bonchev–Trinajstić information content (AvgIpc) is 2.72. The molecule has 2 heterocycles. The van der Waals surface area contributed by atoms with Crippen molar-refractivity contribution in [3.05, 3.63) is 23.9 Å². The Morgan fingerprint density at radius 1 is 1.29 bits per heavy atom. The molecular formula is C18H31N3. The molecule has 21 heavy (non-hydrogen) atoms. The van der Waals surface area contributed by atoms with Crippen LogP contribution in [0.3, 0.4) is 0 Å². The highest BCUT2D eigenvalue weighted by Gasteiger charge is 2.17. The van der Waals surface area contributed by atoms with E-state index in [2.05, 4.69) is 49.2 Å². The molecule has 2 rings (SSSR count). The monoisotopic (exact) mass is 289 g/mol. The third-order valence-corrected chi connectivity index (χ3v) is 4.35. The van der Waals surface area contributed by atoms with E-state index in [1.807, 2.05) is 0 Å². The molecule has 0 aliphatic carbocycles. The summed E-state index contributed by atoms with van der Waals surface area (Å²) in [6.07, 6.45) is 6.72. The molecule has 1 aliphatic rings. The van der Waals surface area contributed by atoms with Gasteiger partial charge in [-0.25, -0.2) is 4.98 Å². The highest BCUT2D eigenvalue weighted by Crippen LogP contribution is 2.24. The third-order valence-electron chi connectivity index (χ3n) is 4.35. The van der Waals surface area contributed by atoms with Crippen molar-refractivity contribution in [1.82, 2.24) is 10.3 Å². The van der Waals surface area contributed by atoms with E-state index in [0.717, 1.165) is 30.5 Å². The van der Waals surface area contributed by atoms with E-state index in [-0.39, 0.29) is 0 Å². The summed E-state index contributed by atoms with van der Waals surface area (Å²) in [5, 5.41) is 3.45. The van der Waals surface area contributed by atoms with Gasteiger partial charge >= 0.3 is 0 Å². The van der Waals surface area contributed by atoms with Crippen LogP contribution in [0.15, 0.2) is 18.2 Å². The molecule has 0 amide bonds. The van der Waals surface area contributed by atoms with Gasteiger partial charge in [-0.05, 0) is 37.3 Å². The highest BCUT2D eigenvalue weighted by molar-refractivity contribution is 5.39. The predicted molar refractivity (Wildman–Crippen MR) is 90.7 cm³/mol. The summed E-state index contributed by atoms with van der Waals surface area (Å²) in [5.41, 5.74) is 1.15. The van der Waals surface area contributed by atoms with Gasteiger partial charge in [0.2, 0.25) is 0 Å². The number of nitrogens with zero attached hydrogens (tertiary/aromatic N) is 2. The zero-order valence-corrected chi connectivity index (χ0v) is 13.9. The van der Waals surface area contributed by atoms with E-state index in [4.69, 9.17) is 4.98 Å². The third kappa shape index (κ3) is 5.31. The molecular weight excluding hydrogens is 258 g/mol. The molecule has 118 valence electrons. The highest BCUT2D eigenvalue weighted by atomic mass is 15.2. The fraction of sp³-hybridized carbons (Fsp3) is 0.722. The molecule has 3 heteroatoms. The molecule has 0 spiro atoms. The molecule has 1 N–H and O–H groups in total. The maximum absolute atomic E-state index is 4.84. The lowest BCUT2D eigenvalue weighted by Gasteiger charge is -2.22. The van der Waals surface area contributed by atoms with Gasteiger partial charge in [0.1, 0.15) is 5.82 Å². The molecule has 0 bridgehead atoms. The maximum Gasteiger partial charge on any atom is 0.128 e. The summed E-state index contributed by atoms with van der Waals surface area (Å²) in [7, 11) is 0. The zero-order chi connectivity index (χ0) is 15.1. The van der Waals surface area contributed by atoms with Gasteiger partial charge in [-0.1, -0.05) is 39.7 Å². The molecule has 1 fully saturated rings. The van der Waals surface area contributed by atoms with E-state index in [9.17, 15) is 0 Å². The topological polar surface area (TPSA) is 28.2 Å². The number of aromatic nitrogens is 1. The van der Waals surface area contributed by atoms with Gasteiger partial charge in [0.15, 0.2) is 0 Å². The van der Waals surface area contributed by atoms with Crippen molar-refractivity contribution < 1.29 is 0 Å². The van der Waals surface area contributed by atoms with Crippen LogP contribution in [0.25, 0.3) is 0 Å². The summed E-state index contributed by atoms with van der Waals surface area (Å²) in [4.78, 5) is 7.33. The van der Waals surface area contributed by atoms with E-state index < -0.39 is 0 Å². The summed E-state index contributed by atoms with van der Waals surface area (Å²) in [5.74, 6) is 2.08. The second kappa shape index (κ2) is 8.38. The Morgan fingerprint density at radius 2 is 2.14 bits per heavy atom. The molecule has 1 aromatic heterocycles. The summed E-state index contributed by atoms with van der Waals surface area (Å²) >= 11 is 0. The summed E-state index contributed by atoms with van der Waals surface area (Å²) < 4.78 is 0. The molecule has 1 atom stereocenters. The Kier molecular flexibility index (Phi) is 6.50. The van der Waals surface area contributed by atoms with Gasteiger partial charge in [0, 0.05) is 25.7 Å². The zero-order valence-electron chi connectivity index (χ0n) is 13.9. The fourth-order valence-corrected chi connectivity index (χ4v) is 3.14. The first-order valence-electron chi connectivity index (χ1n) is 8.63. The van der Waals surface area contributed by atoms with Gasteiger partial charge in [-0.3, -0.25) is 0 Å². The summed E-state index contributed by atoms with van der Waals surface area (Å²) in [6, 6.07) is 6.94. The molecule has 1 aromatic rings. The Labute approximate surface area is 130 Å². The van der Waals surface area contributed by atoms with Crippen LogP contribution < -0.4 is 10.2 Å². The van der Waals surface area contributed by atoms with Crippen molar-refractivity contribution in [3.8, 4) is 0 Å². The molecule has 3 nitrogen and oxygen atoms in total. The van der Waals surface area contributed by atoms with Gasteiger partial charge in [-0.15, -0.1) is 0 Å². The molecule has 0 aromatic carbocycles. The largest absolute Gasteiger partial charge is 0.357 e. The fourth-order valence-electron chi connectivity index (χ4n) is 3.14. The van der Waals surface area contributed by atoms with Crippen molar-refractivity contribution in [2.75, 3.05) is 18.0 Å². The first kappa shape index (κ1) is 16.3. The minimum absolute atomic E-state index is 0.503. The normalized spacial score (nSPS) is 19.8. The average molecular weight is 289 g/mol. The van der Waals surface area contributed by atoms with E-state index in [1.165, 1.54) is 38.6 Å².